The van der Waals surface area contributed by atoms with E-state index in [1.54, 1.807) is 0 Å². The van der Waals surface area contributed by atoms with Gasteiger partial charge >= 0.3 is 5.97 Å². The normalized spacial score (nSPS) is 28.8. The Bertz CT molecular complexity index is 194. The lowest BCUT2D eigenvalue weighted by molar-refractivity contribution is -0.152. The monoisotopic (exact) mass is 199 g/mol. The number of piperidine rings is 1. The zero-order valence-electron chi connectivity index (χ0n) is 9.45. The molecule has 2 unspecified atom stereocenters. The summed E-state index contributed by atoms with van der Waals surface area (Å²) in [7, 11) is 2.08. The summed E-state index contributed by atoms with van der Waals surface area (Å²) >= 11 is 0. The molecule has 1 aliphatic rings. The third-order valence-corrected chi connectivity index (χ3v) is 2.88. The Labute approximate surface area is 86.4 Å². The van der Waals surface area contributed by atoms with Crippen LogP contribution in [-0.2, 0) is 9.53 Å². The van der Waals surface area contributed by atoms with E-state index in [-0.39, 0.29) is 12.1 Å². The molecule has 2 atom stereocenters. The molecule has 3 heteroatoms. The van der Waals surface area contributed by atoms with Gasteiger partial charge in [-0.15, -0.1) is 0 Å². The van der Waals surface area contributed by atoms with Crippen LogP contribution in [0.4, 0.5) is 0 Å². The van der Waals surface area contributed by atoms with E-state index in [0.29, 0.717) is 5.92 Å². The molecular formula is C11H21NO2. The molecule has 1 aliphatic heterocycles. The average molecular weight is 199 g/mol. The minimum Gasteiger partial charge on any atom is -0.461 e. The summed E-state index contributed by atoms with van der Waals surface area (Å²) in [6, 6.07) is 0. The lowest BCUT2D eigenvalue weighted by Crippen LogP contribution is -2.43. The average Bonchev–Trinajstić information content (AvgIpc) is 2.09. The number of likely N-dealkylation sites (N-methyl/N-ethyl adjacent to an activating group) is 1. The molecule has 3 nitrogen and oxygen atoms in total. The first kappa shape index (κ1) is 11.5. The van der Waals surface area contributed by atoms with Crippen LogP contribution in [0.25, 0.3) is 0 Å². The highest BCUT2D eigenvalue weighted by atomic mass is 16.5. The molecule has 1 fully saturated rings. The Morgan fingerprint density at radius 2 is 2.29 bits per heavy atom. The van der Waals surface area contributed by atoms with E-state index in [4.69, 9.17) is 4.74 Å². The molecule has 0 N–H and O–H groups in total. The Balaban J connectivity index is 2.49. The van der Waals surface area contributed by atoms with E-state index in [1.165, 1.54) is 19.8 Å². The van der Waals surface area contributed by atoms with E-state index >= 15 is 0 Å². The van der Waals surface area contributed by atoms with Crippen LogP contribution in [-0.4, -0.2) is 37.1 Å². The van der Waals surface area contributed by atoms with Crippen LogP contribution in [0.5, 0.6) is 0 Å². The minimum absolute atomic E-state index is 0.117. The smallest absolute Gasteiger partial charge is 0.302 e. The molecular weight excluding hydrogens is 178 g/mol. The van der Waals surface area contributed by atoms with Gasteiger partial charge in [0.05, 0.1) is 0 Å². The number of ether oxygens (including phenoxy) is 1. The Kier molecular flexibility index (Phi) is 4.39. The van der Waals surface area contributed by atoms with Gasteiger partial charge in [0.25, 0.3) is 0 Å². The van der Waals surface area contributed by atoms with Crippen molar-refractivity contribution in [1.29, 1.82) is 0 Å². The van der Waals surface area contributed by atoms with Gasteiger partial charge < -0.3 is 9.64 Å². The largest absolute Gasteiger partial charge is 0.461 e. The second-order valence-corrected chi connectivity index (χ2v) is 4.25. The summed E-state index contributed by atoms with van der Waals surface area (Å²) in [5, 5.41) is 0. The van der Waals surface area contributed by atoms with E-state index in [1.807, 2.05) is 0 Å². The van der Waals surface area contributed by atoms with Crippen molar-refractivity contribution >= 4 is 5.97 Å². The molecule has 1 heterocycles. The molecule has 0 radical (unpaired) electrons. The topological polar surface area (TPSA) is 29.5 Å². The van der Waals surface area contributed by atoms with Gasteiger partial charge in [0.1, 0.15) is 6.10 Å². The van der Waals surface area contributed by atoms with Crippen LogP contribution >= 0.6 is 0 Å². The van der Waals surface area contributed by atoms with Crippen LogP contribution in [0.1, 0.15) is 33.1 Å². The fourth-order valence-corrected chi connectivity index (χ4v) is 2.17. The molecule has 0 aromatic rings. The van der Waals surface area contributed by atoms with Crippen molar-refractivity contribution < 1.29 is 9.53 Å². The Hall–Kier alpha value is -0.570. The maximum Gasteiger partial charge on any atom is 0.302 e. The summed E-state index contributed by atoms with van der Waals surface area (Å²) in [4.78, 5) is 13.2. The first-order valence-electron chi connectivity index (χ1n) is 5.49. The SMILES string of the molecule is CCCC1CCN(C)CC1OC(C)=O. The fourth-order valence-electron chi connectivity index (χ4n) is 2.17. The molecule has 82 valence electrons. The minimum atomic E-state index is -0.147. The van der Waals surface area contributed by atoms with Crippen molar-refractivity contribution in [3.8, 4) is 0 Å². The molecule has 0 aliphatic carbocycles. The molecule has 1 saturated heterocycles. The van der Waals surface area contributed by atoms with Gasteiger partial charge in [-0.3, -0.25) is 4.79 Å². The van der Waals surface area contributed by atoms with Gasteiger partial charge in [-0.1, -0.05) is 13.3 Å². The second-order valence-electron chi connectivity index (χ2n) is 4.25. The summed E-state index contributed by atoms with van der Waals surface area (Å²) in [5.41, 5.74) is 0. The van der Waals surface area contributed by atoms with E-state index < -0.39 is 0 Å². The van der Waals surface area contributed by atoms with Crippen molar-refractivity contribution in [2.75, 3.05) is 20.1 Å². The van der Waals surface area contributed by atoms with Gasteiger partial charge in [-0.05, 0) is 32.4 Å². The summed E-state index contributed by atoms with van der Waals surface area (Å²) in [6.45, 7) is 5.70. The number of hydrogen-bond donors (Lipinski definition) is 0. The first-order chi connectivity index (χ1) is 6.63. The van der Waals surface area contributed by atoms with Gasteiger partial charge in [0, 0.05) is 13.5 Å². The third kappa shape index (κ3) is 3.29. The molecule has 0 amide bonds. The lowest BCUT2D eigenvalue weighted by atomic mass is 9.90. The first-order valence-corrected chi connectivity index (χ1v) is 5.49. The zero-order valence-corrected chi connectivity index (χ0v) is 9.45. The Morgan fingerprint density at radius 3 is 2.86 bits per heavy atom. The molecule has 0 aromatic carbocycles. The molecule has 0 spiro atoms. The quantitative estimate of drug-likeness (QED) is 0.648. The fraction of sp³-hybridized carbons (Fsp3) is 0.909. The lowest BCUT2D eigenvalue weighted by Gasteiger charge is -2.35. The molecule has 0 aromatic heterocycles. The van der Waals surface area contributed by atoms with E-state index in [9.17, 15) is 4.79 Å². The van der Waals surface area contributed by atoms with E-state index in [2.05, 4.69) is 18.9 Å². The van der Waals surface area contributed by atoms with Crippen molar-refractivity contribution in [1.82, 2.24) is 4.90 Å². The number of esters is 1. The molecule has 0 bridgehead atoms. The zero-order chi connectivity index (χ0) is 10.6. The van der Waals surface area contributed by atoms with Crippen LogP contribution in [0, 0.1) is 5.92 Å². The highest BCUT2D eigenvalue weighted by Gasteiger charge is 2.29. The standard InChI is InChI=1S/C11H21NO2/c1-4-5-10-6-7-12(3)8-11(10)14-9(2)13/h10-11H,4-8H2,1-3H3. The highest BCUT2D eigenvalue weighted by molar-refractivity contribution is 5.66. The molecule has 0 saturated carbocycles. The van der Waals surface area contributed by atoms with Crippen LogP contribution in [0.3, 0.4) is 0 Å². The van der Waals surface area contributed by atoms with Crippen LogP contribution < -0.4 is 0 Å². The number of nitrogens with zero attached hydrogens (tertiary/aromatic N) is 1. The number of likely N-dealkylation sites (tertiary alicyclic amines) is 1. The van der Waals surface area contributed by atoms with Gasteiger partial charge in [0.15, 0.2) is 0 Å². The highest BCUT2D eigenvalue weighted by Crippen LogP contribution is 2.24. The van der Waals surface area contributed by atoms with Crippen LogP contribution in [0.15, 0.2) is 0 Å². The number of hydrogen-bond acceptors (Lipinski definition) is 3. The van der Waals surface area contributed by atoms with Gasteiger partial charge in [-0.2, -0.15) is 0 Å². The van der Waals surface area contributed by atoms with Gasteiger partial charge in [-0.25, -0.2) is 0 Å². The predicted octanol–water partition coefficient (Wildman–Crippen LogP) is 1.67. The summed E-state index contributed by atoms with van der Waals surface area (Å²) < 4.78 is 5.35. The second kappa shape index (κ2) is 5.35. The maximum absolute atomic E-state index is 10.9. The predicted molar refractivity (Wildman–Crippen MR) is 56.1 cm³/mol. The number of carbonyl (C=O) groups is 1. The molecule has 1 rings (SSSR count). The van der Waals surface area contributed by atoms with Crippen molar-refractivity contribution in [2.45, 2.75) is 39.2 Å². The maximum atomic E-state index is 10.9. The van der Waals surface area contributed by atoms with Gasteiger partial charge in [0.2, 0.25) is 0 Å². The van der Waals surface area contributed by atoms with E-state index in [0.717, 1.165) is 19.5 Å². The van der Waals surface area contributed by atoms with Crippen molar-refractivity contribution in [2.24, 2.45) is 5.92 Å². The summed E-state index contributed by atoms with van der Waals surface area (Å²) in [6.07, 6.45) is 3.62. The Morgan fingerprint density at radius 1 is 1.57 bits per heavy atom. The van der Waals surface area contributed by atoms with Crippen molar-refractivity contribution in [3.05, 3.63) is 0 Å². The number of carbonyl (C=O) groups excluding carboxylic acids is 1. The third-order valence-electron chi connectivity index (χ3n) is 2.88. The summed E-state index contributed by atoms with van der Waals surface area (Å²) in [5.74, 6) is 0.423. The van der Waals surface area contributed by atoms with Crippen LogP contribution in [0.2, 0.25) is 0 Å². The number of rotatable bonds is 3. The van der Waals surface area contributed by atoms with Crippen molar-refractivity contribution in [3.63, 3.8) is 0 Å². The molecule has 14 heavy (non-hydrogen) atoms.